The largest absolute Gasteiger partial charge is 0.496 e. The molecule has 1 saturated carbocycles. The summed E-state index contributed by atoms with van der Waals surface area (Å²) >= 11 is 0. The van der Waals surface area contributed by atoms with Crippen molar-refractivity contribution in [2.75, 3.05) is 13.7 Å². The summed E-state index contributed by atoms with van der Waals surface area (Å²) < 4.78 is 5.49. The van der Waals surface area contributed by atoms with E-state index in [-0.39, 0.29) is 0 Å². The Hall–Kier alpha value is -1.09. The third kappa shape index (κ3) is 3.08. The van der Waals surface area contributed by atoms with E-state index in [4.69, 9.17) is 4.74 Å². The van der Waals surface area contributed by atoms with Crippen LogP contribution in [0, 0.1) is 25.7 Å². The van der Waals surface area contributed by atoms with Crippen molar-refractivity contribution in [2.24, 2.45) is 11.8 Å². The maximum absolute atomic E-state index is 5.49. The molecule has 2 rings (SSSR count). The van der Waals surface area contributed by atoms with Crippen LogP contribution in [0.1, 0.15) is 37.1 Å². The first kappa shape index (κ1) is 14.3. The number of likely N-dealkylation sites (N-methyl/N-ethyl adjacent to an activating group) is 1. The van der Waals surface area contributed by atoms with Crippen molar-refractivity contribution in [1.29, 1.82) is 0 Å². The number of hydrogen-bond acceptors (Lipinski definition) is 3. The summed E-state index contributed by atoms with van der Waals surface area (Å²) in [6.07, 6.45) is 4.28. The molecule has 0 saturated heterocycles. The SMILES string of the molecule is CCNC(Cc1ncc(C)c(OC)c1C)C1CC1C. The van der Waals surface area contributed by atoms with Gasteiger partial charge in [-0.25, -0.2) is 0 Å². The molecule has 0 radical (unpaired) electrons. The van der Waals surface area contributed by atoms with Crippen LogP contribution in [0.4, 0.5) is 0 Å². The van der Waals surface area contributed by atoms with Crippen LogP contribution in [0.15, 0.2) is 6.20 Å². The molecule has 19 heavy (non-hydrogen) atoms. The van der Waals surface area contributed by atoms with Gasteiger partial charge in [0.15, 0.2) is 0 Å². The topological polar surface area (TPSA) is 34.2 Å². The number of ether oxygens (including phenoxy) is 1. The van der Waals surface area contributed by atoms with Crippen molar-refractivity contribution < 1.29 is 4.74 Å². The number of nitrogens with zero attached hydrogens (tertiary/aromatic N) is 1. The standard InChI is InChI=1S/C16H26N2O/c1-6-17-15(13-7-10(13)2)8-14-12(4)16(19-5)11(3)9-18-14/h9-10,13,15,17H,6-8H2,1-5H3. The Bertz CT molecular complexity index is 445. The summed E-state index contributed by atoms with van der Waals surface area (Å²) in [5.74, 6) is 2.66. The van der Waals surface area contributed by atoms with Crippen LogP contribution in [0.25, 0.3) is 0 Å². The summed E-state index contributed by atoms with van der Waals surface area (Å²) in [7, 11) is 1.74. The molecule has 3 atom stereocenters. The van der Waals surface area contributed by atoms with Crippen LogP contribution in [0.5, 0.6) is 5.75 Å². The quantitative estimate of drug-likeness (QED) is 0.856. The second kappa shape index (κ2) is 5.91. The van der Waals surface area contributed by atoms with E-state index in [9.17, 15) is 0 Å². The summed E-state index contributed by atoms with van der Waals surface area (Å²) in [4.78, 5) is 4.62. The van der Waals surface area contributed by atoms with E-state index in [1.54, 1.807) is 7.11 Å². The Kier molecular flexibility index (Phi) is 4.46. The molecule has 1 N–H and O–H groups in total. The molecular weight excluding hydrogens is 236 g/mol. The zero-order chi connectivity index (χ0) is 14.0. The maximum atomic E-state index is 5.49. The van der Waals surface area contributed by atoms with Crippen LogP contribution >= 0.6 is 0 Å². The lowest BCUT2D eigenvalue weighted by Crippen LogP contribution is -2.34. The van der Waals surface area contributed by atoms with Gasteiger partial charge in [0.25, 0.3) is 0 Å². The lowest BCUT2D eigenvalue weighted by Gasteiger charge is -2.20. The van der Waals surface area contributed by atoms with Gasteiger partial charge in [-0.05, 0) is 38.6 Å². The van der Waals surface area contributed by atoms with Crippen LogP contribution in [0.2, 0.25) is 0 Å². The third-order valence-electron chi connectivity index (χ3n) is 4.32. The van der Waals surface area contributed by atoms with E-state index in [2.05, 4.69) is 31.1 Å². The van der Waals surface area contributed by atoms with Crippen molar-refractivity contribution in [2.45, 2.75) is 46.6 Å². The second-order valence-electron chi connectivity index (χ2n) is 5.79. The zero-order valence-electron chi connectivity index (χ0n) is 12.8. The number of aryl methyl sites for hydroxylation is 1. The predicted octanol–water partition coefficient (Wildman–Crippen LogP) is 2.88. The molecule has 0 amide bonds. The number of methoxy groups -OCH3 is 1. The van der Waals surface area contributed by atoms with Crippen molar-refractivity contribution in [3.63, 3.8) is 0 Å². The van der Waals surface area contributed by atoms with Crippen LogP contribution in [-0.4, -0.2) is 24.7 Å². The molecule has 3 heteroatoms. The molecule has 1 heterocycles. The maximum Gasteiger partial charge on any atom is 0.128 e. The average Bonchev–Trinajstić information content (AvgIpc) is 3.09. The van der Waals surface area contributed by atoms with E-state index in [0.717, 1.165) is 36.1 Å². The summed E-state index contributed by atoms with van der Waals surface area (Å²) in [5.41, 5.74) is 3.48. The van der Waals surface area contributed by atoms with Crippen LogP contribution in [-0.2, 0) is 6.42 Å². The van der Waals surface area contributed by atoms with Crippen LogP contribution < -0.4 is 10.1 Å². The van der Waals surface area contributed by atoms with Crippen molar-refractivity contribution in [3.8, 4) is 5.75 Å². The molecule has 1 aliphatic rings. The third-order valence-corrected chi connectivity index (χ3v) is 4.32. The highest BCUT2D eigenvalue weighted by molar-refractivity contribution is 5.41. The summed E-state index contributed by atoms with van der Waals surface area (Å²) in [6, 6.07) is 0.554. The number of nitrogens with one attached hydrogen (secondary N) is 1. The van der Waals surface area contributed by atoms with E-state index >= 15 is 0 Å². The van der Waals surface area contributed by atoms with Gasteiger partial charge in [-0.1, -0.05) is 13.8 Å². The fourth-order valence-electron chi connectivity index (χ4n) is 3.03. The molecule has 1 aliphatic carbocycles. The Morgan fingerprint density at radius 3 is 2.68 bits per heavy atom. The number of hydrogen-bond donors (Lipinski definition) is 1. The van der Waals surface area contributed by atoms with Gasteiger partial charge >= 0.3 is 0 Å². The van der Waals surface area contributed by atoms with Gasteiger partial charge < -0.3 is 10.1 Å². The van der Waals surface area contributed by atoms with Gasteiger partial charge in [0, 0.05) is 35.5 Å². The average molecular weight is 262 g/mol. The van der Waals surface area contributed by atoms with E-state index in [1.807, 2.05) is 13.1 Å². The summed E-state index contributed by atoms with van der Waals surface area (Å²) in [5, 5.41) is 3.62. The monoisotopic (exact) mass is 262 g/mol. The fourth-order valence-corrected chi connectivity index (χ4v) is 3.03. The van der Waals surface area contributed by atoms with Gasteiger partial charge in [-0.3, -0.25) is 4.98 Å². The van der Waals surface area contributed by atoms with E-state index < -0.39 is 0 Å². The molecule has 0 aliphatic heterocycles. The molecule has 0 aromatic carbocycles. The molecule has 1 fully saturated rings. The van der Waals surface area contributed by atoms with Gasteiger partial charge in [0.1, 0.15) is 5.75 Å². The molecule has 0 bridgehead atoms. The number of aromatic nitrogens is 1. The fraction of sp³-hybridized carbons (Fsp3) is 0.688. The van der Waals surface area contributed by atoms with Crippen molar-refractivity contribution >= 4 is 0 Å². The first-order valence-electron chi connectivity index (χ1n) is 7.30. The second-order valence-corrected chi connectivity index (χ2v) is 5.79. The highest BCUT2D eigenvalue weighted by Gasteiger charge is 2.39. The molecule has 3 nitrogen and oxygen atoms in total. The number of pyridine rings is 1. The smallest absolute Gasteiger partial charge is 0.128 e. The predicted molar refractivity (Wildman–Crippen MR) is 78.7 cm³/mol. The molecular formula is C16H26N2O. The Balaban J connectivity index is 2.17. The molecule has 3 unspecified atom stereocenters. The summed E-state index contributed by atoms with van der Waals surface area (Å²) in [6.45, 7) is 9.71. The van der Waals surface area contributed by atoms with Crippen molar-refractivity contribution in [3.05, 3.63) is 23.0 Å². The van der Waals surface area contributed by atoms with Crippen molar-refractivity contribution in [1.82, 2.24) is 10.3 Å². The Labute approximate surface area is 116 Å². The van der Waals surface area contributed by atoms with Gasteiger partial charge in [0.2, 0.25) is 0 Å². The number of rotatable bonds is 6. The lowest BCUT2D eigenvalue weighted by atomic mass is 10.0. The molecule has 0 spiro atoms. The molecule has 1 aromatic heterocycles. The Morgan fingerprint density at radius 1 is 1.47 bits per heavy atom. The first-order chi connectivity index (χ1) is 9.08. The van der Waals surface area contributed by atoms with E-state index in [0.29, 0.717) is 6.04 Å². The minimum absolute atomic E-state index is 0.554. The van der Waals surface area contributed by atoms with Gasteiger partial charge in [-0.15, -0.1) is 0 Å². The van der Waals surface area contributed by atoms with Gasteiger partial charge in [0.05, 0.1) is 7.11 Å². The van der Waals surface area contributed by atoms with Gasteiger partial charge in [-0.2, -0.15) is 0 Å². The first-order valence-corrected chi connectivity index (χ1v) is 7.30. The van der Waals surface area contributed by atoms with Crippen LogP contribution in [0.3, 0.4) is 0 Å². The Morgan fingerprint density at radius 2 is 2.16 bits per heavy atom. The normalized spacial score (nSPS) is 23.2. The zero-order valence-corrected chi connectivity index (χ0v) is 12.8. The van der Waals surface area contributed by atoms with E-state index in [1.165, 1.54) is 17.7 Å². The minimum Gasteiger partial charge on any atom is -0.496 e. The molecule has 1 aromatic rings. The molecule has 106 valence electrons. The highest BCUT2D eigenvalue weighted by Crippen LogP contribution is 2.41. The minimum atomic E-state index is 0.554. The lowest BCUT2D eigenvalue weighted by molar-refractivity contribution is 0.404. The highest BCUT2D eigenvalue weighted by atomic mass is 16.5.